The molecule has 1 atom stereocenters. The standard InChI is InChI=1S/C21H23NO4/c22-19(11-5-6-12-20(23)24)21(25)26-13-18-16-9-3-1-7-14(16)15-8-2-4-10-17(15)18/h1-4,7-10,18-19H,5-6,11-13,22H2,(H,23,24). The molecule has 3 N–H and O–H groups in total. The molecule has 0 aliphatic heterocycles. The zero-order chi connectivity index (χ0) is 18.5. The Labute approximate surface area is 152 Å². The molecule has 1 unspecified atom stereocenters. The third kappa shape index (κ3) is 3.94. The van der Waals surface area contributed by atoms with Crippen LogP contribution in [0.25, 0.3) is 11.1 Å². The number of carboxylic acids is 1. The Kier molecular flexibility index (Phi) is 5.68. The van der Waals surface area contributed by atoms with Crippen molar-refractivity contribution in [3.8, 4) is 11.1 Å². The third-order valence-electron chi connectivity index (χ3n) is 4.81. The number of hydrogen-bond acceptors (Lipinski definition) is 4. The number of carboxylic acid groups (broad SMARTS) is 1. The van der Waals surface area contributed by atoms with Gasteiger partial charge in [0.05, 0.1) is 0 Å². The molecule has 0 fully saturated rings. The van der Waals surface area contributed by atoms with Crippen molar-refractivity contribution in [1.82, 2.24) is 0 Å². The van der Waals surface area contributed by atoms with Crippen LogP contribution in [0.4, 0.5) is 0 Å². The summed E-state index contributed by atoms with van der Waals surface area (Å²) in [6.07, 6.45) is 1.64. The number of aliphatic carboxylic acids is 1. The summed E-state index contributed by atoms with van der Waals surface area (Å²) in [6.45, 7) is 0.260. The van der Waals surface area contributed by atoms with Crippen LogP contribution in [0.15, 0.2) is 48.5 Å². The molecule has 3 rings (SSSR count). The number of hydrogen-bond donors (Lipinski definition) is 2. The first kappa shape index (κ1) is 18.1. The molecule has 0 saturated heterocycles. The molecular formula is C21H23NO4. The highest BCUT2D eigenvalue weighted by molar-refractivity contribution is 5.79. The summed E-state index contributed by atoms with van der Waals surface area (Å²) in [4.78, 5) is 22.7. The van der Waals surface area contributed by atoms with E-state index in [1.54, 1.807) is 0 Å². The van der Waals surface area contributed by atoms with E-state index in [1.807, 2.05) is 24.3 Å². The maximum Gasteiger partial charge on any atom is 0.322 e. The van der Waals surface area contributed by atoms with Crippen LogP contribution in [0.1, 0.15) is 42.7 Å². The predicted molar refractivity (Wildman–Crippen MR) is 98.8 cm³/mol. The fraction of sp³-hybridized carbons (Fsp3) is 0.333. The monoisotopic (exact) mass is 353 g/mol. The molecular weight excluding hydrogens is 330 g/mol. The highest BCUT2D eigenvalue weighted by atomic mass is 16.5. The SMILES string of the molecule is NC(CCCCC(=O)O)C(=O)OCC1c2ccccc2-c2ccccc21. The summed E-state index contributed by atoms with van der Waals surface area (Å²) in [7, 11) is 0. The lowest BCUT2D eigenvalue weighted by Gasteiger charge is -2.16. The highest BCUT2D eigenvalue weighted by Gasteiger charge is 2.29. The minimum Gasteiger partial charge on any atom is -0.481 e. The van der Waals surface area contributed by atoms with Crippen molar-refractivity contribution >= 4 is 11.9 Å². The molecule has 0 bridgehead atoms. The summed E-state index contributed by atoms with van der Waals surface area (Å²) in [5.41, 5.74) is 10.6. The number of unbranched alkanes of at least 4 members (excludes halogenated alkanes) is 1. The summed E-state index contributed by atoms with van der Waals surface area (Å²) >= 11 is 0. The predicted octanol–water partition coefficient (Wildman–Crippen LogP) is 3.31. The number of fused-ring (bicyclic) bond motifs is 3. The van der Waals surface area contributed by atoms with E-state index < -0.39 is 18.0 Å². The first-order valence-electron chi connectivity index (χ1n) is 8.90. The smallest absolute Gasteiger partial charge is 0.322 e. The van der Waals surface area contributed by atoms with Gasteiger partial charge in [-0.1, -0.05) is 55.0 Å². The fourth-order valence-electron chi connectivity index (χ4n) is 3.47. The van der Waals surface area contributed by atoms with E-state index >= 15 is 0 Å². The van der Waals surface area contributed by atoms with Gasteiger partial charge in [0.2, 0.25) is 0 Å². The van der Waals surface area contributed by atoms with Gasteiger partial charge in [0.15, 0.2) is 0 Å². The molecule has 1 aliphatic rings. The lowest BCUT2D eigenvalue weighted by Crippen LogP contribution is -2.33. The fourth-order valence-corrected chi connectivity index (χ4v) is 3.47. The van der Waals surface area contributed by atoms with Crippen LogP contribution in [0.5, 0.6) is 0 Å². The number of benzene rings is 2. The molecule has 5 heteroatoms. The van der Waals surface area contributed by atoms with Gasteiger partial charge in [-0.3, -0.25) is 9.59 Å². The Morgan fingerprint density at radius 3 is 2.15 bits per heavy atom. The minimum atomic E-state index is -0.834. The van der Waals surface area contributed by atoms with E-state index in [-0.39, 0.29) is 18.9 Å². The van der Waals surface area contributed by atoms with Gasteiger partial charge in [0.25, 0.3) is 0 Å². The molecule has 2 aromatic carbocycles. The van der Waals surface area contributed by atoms with Crippen molar-refractivity contribution in [2.45, 2.75) is 37.6 Å². The van der Waals surface area contributed by atoms with Gasteiger partial charge < -0.3 is 15.6 Å². The maximum atomic E-state index is 12.2. The number of esters is 1. The Balaban J connectivity index is 1.59. The zero-order valence-electron chi connectivity index (χ0n) is 14.6. The van der Waals surface area contributed by atoms with Crippen LogP contribution in [0.3, 0.4) is 0 Å². The van der Waals surface area contributed by atoms with Gasteiger partial charge in [0, 0.05) is 12.3 Å². The van der Waals surface area contributed by atoms with Crippen LogP contribution < -0.4 is 5.73 Å². The van der Waals surface area contributed by atoms with Gasteiger partial charge >= 0.3 is 11.9 Å². The van der Waals surface area contributed by atoms with E-state index in [0.717, 1.165) is 11.1 Å². The molecule has 0 heterocycles. The Bertz CT molecular complexity index is 757. The quantitative estimate of drug-likeness (QED) is 0.561. The molecule has 26 heavy (non-hydrogen) atoms. The average Bonchev–Trinajstić information content (AvgIpc) is 2.97. The van der Waals surface area contributed by atoms with Crippen LogP contribution in [0, 0.1) is 0 Å². The summed E-state index contributed by atoms with van der Waals surface area (Å²) < 4.78 is 5.50. The van der Waals surface area contributed by atoms with Crippen LogP contribution >= 0.6 is 0 Å². The summed E-state index contributed by atoms with van der Waals surface area (Å²) in [5, 5.41) is 8.63. The van der Waals surface area contributed by atoms with Gasteiger partial charge in [-0.05, 0) is 35.1 Å². The number of carbonyl (C=O) groups is 2. The van der Waals surface area contributed by atoms with Gasteiger partial charge in [0.1, 0.15) is 12.6 Å². The van der Waals surface area contributed by atoms with Crippen molar-refractivity contribution in [3.63, 3.8) is 0 Å². The minimum absolute atomic E-state index is 0.0190. The van der Waals surface area contributed by atoms with Crippen LogP contribution in [0.2, 0.25) is 0 Å². The number of nitrogens with two attached hydrogens (primary N) is 1. The second-order valence-electron chi connectivity index (χ2n) is 6.60. The van der Waals surface area contributed by atoms with Crippen molar-refractivity contribution in [2.75, 3.05) is 6.61 Å². The van der Waals surface area contributed by atoms with Crippen LogP contribution in [-0.4, -0.2) is 29.7 Å². The van der Waals surface area contributed by atoms with E-state index in [4.69, 9.17) is 15.6 Å². The third-order valence-corrected chi connectivity index (χ3v) is 4.81. The normalized spacial score (nSPS) is 13.7. The van der Waals surface area contributed by atoms with Crippen molar-refractivity contribution in [2.24, 2.45) is 5.73 Å². The van der Waals surface area contributed by atoms with E-state index in [0.29, 0.717) is 19.3 Å². The molecule has 0 amide bonds. The summed E-state index contributed by atoms with van der Waals surface area (Å²) in [6, 6.07) is 15.6. The largest absolute Gasteiger partial charge is 0.481 e. The molecule has 0 radical (unpaired) electrons. The molecule has 1 aliphatic carbocycles. The molecule has 5 nitrogen and oxygen atoms in total. The molecule has 0 spiro atoms. The number of carbonyl (C=O) groups excluding carboxylic acids is 1. The number of rotatable bonds is 8. The Morgan fingerprint density at radius 2 is 1.58 bits per heavy atom. The van der Waals surface area contributed by atoms with Gasteiger partial charge in [-0.25, -0.2) is 0 Å². The van der Waals surface area contributed by atoms with E-state index in [2.05, 4.69) is 24.3 Å². The topological polar surface area (TPSA) is 89.6 Å². The lowest BCUT2D eigenvalue weighted by atomic mass is 9.98. The second-order valence-corrected chi connectivity index (χ2v) is 6.60. The highest BCUT2D eigenvalue weighted by Crippen LogP contribution is 2.44. The lowest BCUT2D eigenvalue weighted by molar-refractivity contribution is -0.145. The van der Waals surface area contributed by atoms with Crippen molar-refractivity contribution in [3.05, 3.63) is 59.7 Å². The van der Waals surface area contributed by atoms with Gasteiger partial charge in [-0.2, -0.15) is 0 Å². The van der Waals surface area contributed by atoms with Crippen LogP contribution in [-0.2, 0) is 14.3 Å². The number of ether oxygens (including phenoxy) is 1. The molecule has 136 valence electrons. The Morgan fingerprint density at radius 1 is 1.00 bits per heavy atom. The van der Waals surface area contributed by atoms with Crippen molar-refractivity contribution in [1.29, 1.82) is 0 Å². The second kappa shape index (κ2) is 8.15. The molecule has 0 aromatic heterocycles. The first-order valence-corrected chi connectivity index (χ1v) is 8.90. The Hall–Kier alpha value is -2.66. The molecule has 0 saturated carbocycles. The summed E-state index contributed by atoms with van der Waals surface area (Å²) in [5.74, 6) is -1.24. The van der Waals surface area contributed by atoms with Crippen molar-refractivity contribution < 1.29 is 19.4 Å². The zero-order valence-corrected chi connectivity index (χ0v) is 14.6. The van der Waals surface area contributed by atoms with Gasteiger partial charge in [-0.15, -0.1) is 0 Å². The average molecular weight is 353 g/mol. The van der Waals surface area contributed by atoms with E-state index in [1.165, 1.54) is 11.1 Å². The first-order chi connectivity index (χ1) is 12.6. The molecule has 2 aromatic rings. The maximum absolute atomic E-state index is 12.2. The van der Waals surface area contributed by atoms with E-state index in [9.17, 15) is 9.59 Å².